The molecule has 1 aromatic carbocycles. The molecule has 0 radical (unpaired) electrons. The molecule has 0 unspecified atom stereocenters. The highest BCUT2D eigenvalue weighted by atomic mass is 16.5. The lowest BCUT2D eigenvalue weighted by molar-refractivity contribution is -0.121. The second-order valence-corrected chi connectivity index (χ2v) is 6.93. The van der Waals surface area contributed by atoms with E-state index in [1.54, 1.807) is 31.5 Å². The summed E-state index contributed by atoms with van der Waals surface area (Å²) in [6.07, 6.45) is 4.38. The van der Waals surface area contributed by atoms with E-state index in [0.29, 0.717) is 24.2 Å². The van der Waals surface area contributed by atoms with Crippen LogP contribution >= 0.6 is 0 Å². The molecule has 26 heavy (non-hydrogen) atoms. The van der Waals surface area contributed by atoms with Crippen LogP contribution in [-0.2, 0) is 9.53 Å². The van der Waals surface area contributed by atoms with Crippen LogP contribution in [0.4, 0.5) is 0 Å². The minimum atomic E-state index is -0.129. The Morgan fingerprint density at radius 1 is 1.38 bits per heavy atom. The fourth-order valence-corrected chi connectivity index (χ4v) is 3.05. The zero-order valence-corrected chi connectivity index (χ0v) is 15.6. The van der Waals surface area contributed by atoms with Crippen LogP contribution < -0.4 is 5.32 Å². The fourth-order valence-electron chi connectivity index (χ4n) is 3.05. The Labute approximate surface area is 153 Å². The molecule has 2 N–H and O–H groups in total. The molecule has 2 aromatic rings. The van der Waals surface area contributed by atoms with Gasteiger partial charge >= 0.3 is 0 Å². The number of imidazole rings is 1. The summed E-state index contributed by atoms with van der Waals surface area (Å²) in [6, 6.07) is 5.92. The van der Waals surface area contributed by atoms with E-state index in [1.165, 1.54) is 0 Å². The largest absolute Gasteiger partial charge is 0.383 e. The summed E-state index contributed by atoms with van der Waals surface area (Å²) in [5, 5.41) is 3.34. The van der Waals surface area contributed by atoms with E-state index in [-0.39, 0.29) is 11.9 Å². The van der Waals surface area contributed by atoms with Crippen molar-refractivity contribution < 1.29 is 9.53 Å². The van der Waals surface area contributed by atoms with Crippen LogP contribution in [0.5, 0.6) is 0 Å². The number of aromatic nitrogens is 2. The molecule has 0 aliphatic carbocycles. The molecule has 7 nitrogen and oxygen atoms in total. The van der Waals surface area contributed by atoms with Crippen molar-refractivity contribution >= 4 is 29.0 Å². The molecule has 2 heterocycles. The van der Waals surface area contributed by atoms with Gasteiger partial charge in [0.15, 0.2) is 0 Å². The van der Waals surface area contributed by atoms with Gasteiger partial charge in [-0.3, -0.25) is 9.69 Å². The summed E-state index contributed by atoms with van der Waals surface area (Å²) >= 11 is 0. The van der Waals surface area contributed by atoms with Gasteiger partial charge in [-0.25, -0.2) is 9.98 Å². The maximum absolute atomic E-state index is 12.5. The number of rotatable bonds is 6. The first-order valence-corrected chi connectivity index (χ1v) is 8.75. The van der Waals surface area contributed by atoms with Gasteiger partial charge in [-0.1, -0.05) is 19.9 Å². The molecule has 0 spiro atoms. The summed E-state index contributed by atoms with van der Waals surface area (Å²) in [5.41, 5.74) is 3.12. The highest BCUT2D eigenvalue weighted by molar-refractivity contribution is 6.13. The molecular weight excluding hydrogens is 330 g/mol. The number of guanidine groups is 1. The molecule has 0 saturated carbocycles. The number of methoxy groups -OCH3 is 1. The molecule has 1 atom stereocenters. The Hall–Kier alpha value is -2.67. The highest BCUT2D eigenvalue weighted by Crippen LogP contribution is 2.19. The van der Waals surface area contributed by atoms with Crippen LogP contribution in [0, 0.1) is 5.92 Å². The lowest BCUT2D eigenvalue weighted by Gasteiger charge is -2.23. The van der Waals surface area contributed by atoms with Gasteiger partial charge in [0.1, 0.15) is 5.70 Å². The molecule has 1 aromatic heterocycles. The number of benzene rings is 1. The maximum atomic E-state index is 12.5. The normalized spacial score (nSPS) is 17.4. The van der Waals surface area contributed by atoms with Crippen molar-refractivity contribution in [1.29, 1.82) is 0 Å². The van der Waals surface area contributed by atoms with Crippen LogP contribution in [-0.4, -0.2) is 53.5 Å². The minimum absolute atomic E-state index is 0.105. The standard InChI is InChI=1S/C19H25N5O2/c1-12(2)7-14(10-26-4)22-19-23-17(18(25)24(19)3)9-13-5-6-15-16(8-13)21-11-20-15/h5-6,8-9,11-12,14H,7,10H2,1-4H3,(H,20,21)(H,22,23)/b17-9-/t14-/m1/s1. The highest BCUT2D eigenvalue weighted by Gasteiger charge is 2.28. The number of aliphatic imine (C=N–C) groups is 1. The number of hydrogen-bond acceptors (Lipinski definition) is 5. The van der Waals surface area contributed by atoms with E-state index in [2.05, 4.69) is 34.1 Å². The second kappa shape index (κ2) is 7.70. The third-order valence-corrected chi connectivity index (χ3v) is 4.27. The molecule has 7 heteroatoms. The molecule has 0 fully saturated rings. The Bertz CT molecular complexity index is 852. The SMILES string of the molecule is COC[C@@H](CC(C)C)NC1=N/C(=C\c2ccc3[nH]cnc3c2)C(=O)N1C. The first kappa shape index (κ1) is 18.1. The van der Waals surface area contributed by atoms with Gasteiger partial charge in [-0.05, 0) is 36.1 Å². The summed E-state index contributed by atoms with van der Waals surface area (Å²) in [6.45, 7) is 4.88. The number of nitrogens with one attached hydrogen (secondary N) is 2. The zero-order valence-electron chi connectivity index (χ0n) is 15.6. The van der Waals surface area contributed by atoms with Crippen LogP contribution in [0.15, 0.2) is 35.2 Å². The zero-order chi connectivity index (χ0) is 18.7. The fraction of sp³-hybridized carbons (Fsp3) is 0.421. The molecular formula is C19H25N5O2. The topological polar surface area (TPSA) is 82.6 Å². The van der Waals surface area contributed by atoms with Crippen molar-refractivity contribution in [2.75, 3.05) is 20.8 Å². The van der Waals surface area contributed by atoms with Gasteiger partial charge in [0, 0.05) is 14.2 Å². The van der Waals surface area contributed by atoms with Crippen LogP contribution in [0.1, 0.15) is 25.8 Å². The molecule has 138 valence electrons. The van der Waals surface area contributed by atoms with Crippen LogP contribution in [0.3, 0.4) is 0 Å². The van der Waals surface area contributed by atoms with Crippen molar-refractivity contribution in [3.05, 3.63) is 35.8 Å². The molecule has 1 amide bonds. The number of ether oxygens (including phenoxy) is 1. The number of aromatic amines is 1. The second-order valence-electron chi connectivity index (χ2n) is 6.93. The van der Waals surface area contributed by atoms with Gasteiger partial charge in [-0.15, -0.1) is 0 Å². The van der Waals surface area contributed by atoms with Crippen molar-refractivity contribution in [1.82, 2.24) is 20.2 Å². The van der Waals surface area contributed by atoms with Crippen molar-refractivity contribution in [2.24, 2.45) is 10.9 Å². The molecule has 1 aliphatic rings. The third kappa shape index (κ3) is 3.94. The average molecular weight is 355 g/mol. The number of carbonyl (C=O) groups excluding carboxylic acids is 1. The van der Waals surface area contributed by atoms with Gasteiger partial charge in [0.25, 0.3) is 5.91 Å². The molecule has 0 saturated heterocycles. The minimum Gasteiger partial charge on any atom is -0.383 e. The maximum Gasteiger partial charge on any atom is 0.279 e. The summed E-state index contributed by atoms with van der Waals surface area (Å²) in [5.74, 6) is 0.946. The Balaban J connectivity index is 1.82. The van der Waals surface area contributed by atoms with Gasteiger partial charge in [-0.2, -0.15) is 0 Å². The quantitative estimate of drug-likeness (QED) is 0.780. The Kier molecular flexibility index (Phi) is 5.37. The predicted octanol–water partition coefficient (Wildman–Crippen LogP) is 2.38. The molecule has 0 bridgehead atoms. The number of carbonyl (C=O) groups is 1. The lowest BCUT2D eigenvalue weighted by Crippen LogP contribution is -2.45. The van der Waals surface area contributed by atoms with E-state index in [4.69, 9.17) is 4.74 Å². The van der Waals surface area contributed by atoms with E-state index in [1.807, 2.05) is 18.2 Å². The number of hydrogen-bond donors (Lipinski definition) is 2. The van der Waals surface area contributed by atoms with E-state index < -0.39 is 0 Å². The lowest BCUT2D eigenvalue weighted by atomic mass is 10.0. The first-order chi connectivity index (χ1) is 12.5. The average Bonchev–Trinajstić information content (AvgIpc) is 3.15. The predicted molar refractivity (Wildman–Crippen MR) is 103 cm³/mol. The van der Waals surface area contributed by atoms with Gasteiger partial charge < -0.3 is 15.0 Å². The van der Waals surface area contributed by atoms with E-state index in [0.717, 1.165) is 23.0 Å². The number of H-pyrrole nitrogens is 1. The number of amides is 1. The number of likely N-dealkylation sites (N-methyl/N-ethyl adjacent to an activating group) is 1. The Morgan fingerprint density at radius 3 is 2.92 bits per heavy atom. The monoisotopic (exact) mass is 355 g/mol. The van der Waals surface area contributed by atoms with E-state index >= 15 is 0 Å². The van der Waals surface area contributed by atoms with Crippen molar-refractivity contribution in [2.45, 2.75) is 26.3 Å². The van der Waals surface area contributed by atoms with Crippen molar-refractivity contribution in [3.8, 4) is 0 Å². The van der Waals surface area contributed by atoms with Gasteiger partial charge in [0.2, 0.25) is 5.96 Å². The summed E-state index contributed by atoms with van der Waals surface area (Å²) in [7, 11) is 3.40. The van der Waals surface area contributed by atoms with E-state index in [9.17, 15) is 4.79 Å². The number of nitrogens with zero attached hydrogens (tertiary/aromatic N) is 3. The summed E-state index contributed by atoms with van der Waals surface area (Å²) < 4.78 is 5.29. The third-order valence-electron chi connectivity index (χ3n) is 4.27. The molecule has 3 rings (SSSR count). The molecule has 1 aliphatic heterocycles. The van der Waals surface area contributed by atoms with Crippen LogP contribution in [0.2, 0.25) is 0 Å². The van der Waals surface area contributed by atoms with Crippen LogP contribution in [0.25, 0.3) is 17.1 Å². The smallest absolute Gasteiger partial charge is 0.279 e. The Morgan fingerprint density at radius 2 is 2.19 bits per heavy atom. The van der Waals surface area contributed by atoms with Gasteiger partial charge in [0.05, 0.1) is 30.0 Å². The first-order valence-electron chi connectivity index (χ1n) is 8.75. The summed E-state index contributed by atoms with van der Waals surface area (Å²) in [4.78, 5) is 25.9. The van der Waals surface area contributed by atoms with Crippen molar-refractivity contribution in [3.63, 3.8) is 0 Å². The number of fused-ring (bicyclic) bond motifs is 1.